The van der Waals surface area contributed by atoms with Gasteiger partial charge in [-0.3, -0.25) is 0 Å². The third-order valence-electron chi connectivity index (χ3n) is 4.00. The molecule has 15 heavy (non-hydrogen) atoms. The van der Waals surface area contributed by atoms with Gasteiger partial charge in [0.15, 0.2) is 0 Å². The van der Waals surface area contributed by atoms with Crippen LogP contribution >= 0.6 is 0 Å². The Balaban J connectivity index is 1.36. The number of fused-ring (bicyclic) bond motifs is 2. The van der Waals surface area contributed by atoms with Gasteiger partial charge in [-0.15, -0.1) is 0 Å². The molecule has 86 valence electrons. The molecule has 3 heterocycles. The standard InChI is InChI=1S/C12H21NO2/c1-2-9(14-7-1)5-6-13-11-8-10-3-4-12(11)15-10/h9-13H,1-8H2. The fourth-order valence-electron chi connectivity index (χ4n) is 3.15. The molecule has 0 aliphatic carbocycles. The lowest BCUT2D eigenvalue weighted by molar-refractivity contribution is 0.0919. The summed E-state index contributed by atoms with van der Waals surface area (Å²) in [4.78, 5) is 0. The molecule has 3 aliphatic rings. The lowest BCUT2D eigenvalue weighted by Crippen LogP contribution is -2.38. The maximum absolute atomic E-state index is 5.81. The highest BCUT2D eigenvalue weighted by Gasteiger charge is 2.40. The highest BCUT2D eigenvalue weighted by Crippen LogP contribution is 2.34. The van der Waals surface area contributed by atoms with Gasteiger partial charge in [-0.1, -0.05) is 0 Å². The van der Waals surface area contributed by atoms with Gasteiger partial charge in [0, 0.05) is 12.6 Å². The number of rotatable bonds is 4. The van der Waals surface area contributed by atoms with Crippen molar-refractivity contribution >= 4 is 0 Å². The molecule has 2 bridgehead atoms. The third kappa shape index (κ3) is 2.19. The van der Waals surface area contributed by atoms with Crippen LogP contribution in [-0.4, -0.2) is 37.5 Å². The molecule has 0 amide bonds. The van der Waals surface area contributed by atoms with Crippen molar-refractivity contribution in [1.29, 1.82) is 0 Å². The van der Waals surface area contributed by atoms with Crippen LogP contribution in [0.15, 0.2) is 0 Å². The molecule has 0 spiro atoms. The summed E-state index contributed by atoms with van der Waals surface area (Å²) in [5.74, 6) is 0. The van der Waals surface area contributed by atoms with Gasteiger partial charge < -0.3 is 14.8 Å². The van der Waals surface area contributed by atoms with Crippen molar-refractivity contribution in [3.63, 3.8) is 0 Å². The van der Waals surface area contributed by atoms with Gasteiger partial charge >= 0.3 is 0 Å². The molecule has 3 fully saturated rings. The molecule has 3 rings (SSSR count). The number of hydrogen-bond donors (Lipinski definition) is 1. The maximum atomic E-state index is 5.81. The van der Waals surface area contributed by atoms with Gasteiger partial charge in [0.25, 0.3) is 0 Å². The lowest BCUT2D eigenvalue weighted by atomic mass is 9.95. The molecule has 0 aromatic rings. The number of ether oxygens (including phenoxy) is 2. The van der Waals surface area contributed by atoms with Crippen molar-refractivity contribution in [2.45, 2.75) is 62.9 Å². The summed E-state index contributed by atoms with van der Waals surface area (Å²) in [6.07, 6.45) is 9.07. The molecule has 0 aromatic heterocycles. The Kier molecular flexibility index (Phi) is 2.95. The zero-order chi connectivity index (χ0) is 10.1. The zero-order valence-electron chi connectivity index (χ0n) is 9.28. The van der Waals surface area contributed by atoms with Crippen molar-refractivity contribution in [2.75, 3.05) is 13.2 Å². The second-order valence-electron chi connectivity index (χ2n) is 5.09. The van der Waals surface area contributed by atoms with E-state index in [-0.39, 0.29) is 0 Å². The van der Waals surface area contributed by atoms with Crippen LogP contribution in [0.5, 0.6) is 0 Å². The molecular weight excluding hydrogens is 190 g/mol. The van der Waals surface area contributed by atoms with E-state index in [4.69, 9.17) is 9.47 Å². The molecule has 0 saturated carbocycles. The van der Waals surface area contributed by atoms with Crippen molar-refractivity contribution in [3.05, 3.63) is 0 Å². The minimum atomic E-state index is 0.513. The van der Waals surface area contributed by atoms with E-state index in [0.29, 0.717) is 24.4 Å². The largest absolute Gasteiger partial charge is 0.378 e. The van der Waals surface area contributed by atoms with Crippen LogP contribution in [0.25, 0.3) is 0 Å². The average Bonchev–Trinajstić information content (AvgIpc) is 2.93. The summed E-state index contributed by atoms with van der Waals surface area (Å²) in [6, 6.07) is 0.630. The van der Waals surface area contributed by atoms with E-state index in [1.54, 1.807) is 0 Å². The predicted octanol–water partition coefficient (Wildman–Crippen LogP) is 1.46. The highest BCUT2D eigenvalue weighted by molar-refractivity contribution is 4.93. The first-order chi connectivity index (χ1) is 7.42. The quantitative estimate of drug-likeness (QED) is 0.763. The fraction of sp³-hybridized carbons (Fsp3) is 1.00. The van der Waals surface area contributed by atoms with E-state index in [1.165, 1.54) is 38.5 Å². The Morgan fingerprint density at radius 1 is 1.20 bits per heavy atom. The van der Waals surface area contributed by atoms with Crippen LogP contribution in [0.3, 0.4) is 0 Å². The Morgan fingerprint density at radius 2 is 2.20 bits per heavy atom. The molecule has 3 saturated heterocycles. The molecule has 1 N–H and O–H groups in total. The van der Waals surface area contributed by atoms with E-state index in [1.807, 2.05) is 0 Å². The Labute approximate surface area is 91.5 Å². The maximum Gasteiger partial charge on any atom is 0.0733 e. The molecule has 4 unspecified atom stereocenters. The van der Waals surface area contributed by atoms with Crippen LogP contribution < -0.4 is 5.32 Å². The van der Waals surface area contributed by atoms with Crippen molar-refractivity contribution < 1.29 is 9.47 Å². The van der Waals surface area contributed by atoms with Gasteiger partial charge in [0.05, 0.1) is 18.3 Å². The van der Waals surface area contributed by atoms with Gasteiger partial charge in [-0.2, -0.15) is 0 Å². The van der Waals surface area contributed by atoms with E-state index in [9.17, 15) is 0 Å². The molecule has 3 nitrogen and oxygen atoms in total. The highest BCUT2D eigenvalue weighted by atomic mass is 16.5. The summed E-state index contributed by atoms with van der Waals surface area (Å²) in [5.41, 5.74) is 0. The van der Waals surface area contributed by atoms with Crippen LogP contribution in [-0.2, 0) is 9.47 Å². The summed E-state index contributed by atoms with van der Waals surface area (Å²) in [5, 5.41) is 3.63. The SMILES string of the molecule is C1COC(CCNC2CC3CCC2O3)C1. The second kappa shape index (κ2) is 4.40. The average molecular weight is 211 g/mol. The van der Waals surface area contributed by atoms with Crippen LogP contribution in [0.2, 0.25) is 0 Å². The number of hydrogen-bond acceptors (Lipinski definition) is 3. The molecule has 4 atom stereocenters. The monoisotopic (exact) mass is 211 g/mol. The first kappa shape index (κ1) is 10.1. The number of nitrogens with one attached hydrogen (secondary N) is 1. The van der Waals surface area contributed by atoms with E-state index in [0.717, 1.165) is 13.2 Å². The topological polar surface area (TPSA) is 30.5 Å². The molecular formula is C12H21NO2. The van der Waals surface area contributed by atoms with Crippen LogP contribution in [0.4, 0.5) is 0 Å². The third-order valence-corrected chi connectivity index (χ3v) is 4.00. The van der Waals surface area contributed by atoms with E-state index < -0.39 is 0 Å². The van der Waals surface area contributed by atoms with Gasteiger partial charge in [0.2, 0.25) is 0 Å². The summed E-state index contributed by atoms with van der Waals surface area (Å²) in [7, 11) is 0. The van der Waals surface area contributed by atoms with Gasteiger partial charge in [0.1, 0.15) is 0 Å². The molecule has 0 radical (unpaired) electrons. The summed E-state index contributed by atoms with van der Waals surface area (Å²) in [6.45, 7) is 2.07. The normalized spacial score (nSPS) is 44.0. The minimum absolute atomic E-state index is 0.513. The van der Waals surface area contributed by atoms with Crippen LogP contribution in [0, 0.1) is 0 Å². The van der Waals surface area contributed by atoms with Crippen molar-refractivity contribution in [2.24, 2.45) is 0 Å². The lowest BCUT2D eigenvalue weighted by Gasteiger charge is -2.20. The molecule has 3 aliphatic heterocycles. The Bertz CT molecular complexity index is 216. The van der Waals surface area contributed by atoms with Crippen molar-refractivity contribution in [1.82, 2.24) is 5.32 Å². The first-order valence-corrected chi connectivity index (χ1v) is 6.42. The Morgan fingerprint density at radius 3 is 2.87 bits per heavy atom. The second-order valence-corrected chi connectivity index (χ2v) is 5.09. The van der Waals surface area contributed by atoms with Gasteiger partial charge in [-0.25, -0.2) is 0 Å². The minimum Gasteiger partial charge on any atom is -0.378 e. The first-order valence-electron chi connectivity index (χ1n) is 6.42. The zero-order valence-corrected chi connectivity index (χ0v) is 9.28. The molecule has 0 aromatic carbocycles. The molecule has 3 heteroatoms. The smallest absolute Gasteiger partial charge is 0.0733 e. The van der Waals surface area contributed by atoms with Crippen molar-refractivity contribution in [3.8, 4) is 0 Å². The van der Waals surface area contributed by atoms with Gasteiger partial charge in [-0.05, 0) is 45.1 Å². The Hall–Kier alpha value is -0.120. The van der Waals surface area contributed by atoms with Crippen LogP contribution in [0.1, 0.15) is 38.5 Å². The summed E-state index contributed by atoms with van der Waals surface area (Å²) >= 11 is 0. The summed E-state index contributed by atoms with van der Waals surface area (Å²) < 4.78 is 11.4. The predicted molar refractivity (Wildman–Crippen MR) is 57.9 cm³/mol. The van der Waals surface area contributed by atoms with E-state index in [2.05, 4.69) is 5.32 Å². The fourth-order valence-corrected chi connectivity index (χ4v) is 3.15. The van der Waals surface area contributed by atoms with E-state index >= 15 is 0 Å².